The number of amides is 1. The fourth-order valence-corrected chi connectivity index (χ4v) is 2.98. The third-order valence-electron chi connectivity index (χ3n) is 4.33. The standard InChI is InChI=1S/C20H24N2O2/c1-15-6-7-19(16(2)12-15)21-20(23)18-5-3-4-17(13-18)14-22-8-10-24-11-9-22/h3-7,12-13H,8-11,14H2,1-2H3,(H,21,23). The number of hydrogen-bond acceptors (Lipinski definition) is 3. The summed E-state index contributed by atoms with van der Waals surface area (Å²) in [6.07, 6.45) is 0. The Morgan fingerprint density at radius 2 is 1.92 bits per heavy atom. The molecular weight excluding hydrogens is 300 g/mol. The van der Waals surface area contributed by atoms with Gasteiger partial charge in [-0.1, -0.05) is 29.8 Å². The topological polar surface area (TPSA) is 41.6 Å². The van der Waals surface area contributed by atoms with Crippen LogP contribution in [0.2, 0.25) is 0 Å². The summed E-state index contributed by atoms with van der Waals surface area (Å²) in [5.41, 5.74) is 4.99. The van der Waals surface area contributed by atoms with E-state index in [0.717, 1.165) is 49.7 Å². The molecule has 1 aliphatic heterocycles. The molecule has 0 atom stereocenters. The lowest BCUT2D eigenvalue weighted by Gasteiger charge is -2.26. The monoisotopic (exact) mass is 324 g/mol. The van der Waals surface area contributed by atoms with Gasteiger partial charge in [-0.25, -0.2) is 0 Å². The van der Waals surface area contributed by atoms with Crippen LogP contribution in [0.1, 0.15) is 27.0 Å². The van der Waals surface area contributed by atoms with E-state index < -0.39 is 0 Å². The average molecular weight is 324 g/mol. The molecule has 0 spiro atoms. The van der Waals surface area contributed by atoms with Crippen LogP contribution in [-0.4, -0.2) is 37.1 Å². The lowest BCUT2D eigenvalue weighted by molar-refractivity contribution is 0.0342. The van der Waals surface area contributed by atoms with E-state index in [2.05, 4.69) is 22.3 Å². The Hall–Kier alpha value is -2.17. The molecule has 2 aromatic rings. The maximum atomic E-state index is 12.6. The Labute approximate surface area is 143 Å². The highest BCUT2D eigenvalue weighted by molar-refractivity contribution is 6.04. The quantitative estimate of drug-likeness (QED) is 0.937. The highest BCUT2D eigenvalue weighted by Gasteiger charge is 2.13. The first kappa shape index (κ1) is 16.7. The zero-order valence-electron chi connectivity index (χ0n) is 14.3. The SMILES string of the molecule is Cc1ccc(NC(=O)c2cccc(CN3CCOCC3)c2)c(C)c1. The van der Waals surface area contributed by atoms with Crippen molar-refractivity contribution in [2.45, 2.75) is 20.4 Å². The largest absolute Gasteiger partial charge is 0.379 e. The van der Waals surface area contributed by atoms with Crippen LogP contribution in [0.25, 0.3) is 0 Å². The fourth-order valence-electron chi connectivity index (χ4n) is 2.98. The molecule has 0 aromatic heterocycles. The van der Waals surface area contributed by atoms with E-state index in [-0.39, 0.29) is 5.91 Å². The van der Waals surface area contributed by atoms with Gasteiger partial charge < -0.3 is 10.1 Å². The molecule has 1 heterocycles. The van der Waals surface area contributed by atoms with Crippen LogP contribution in [0.5, 0.6) is 0 Å². The van der Waals surface area contributed by atoms with Gasteiger partial charge in [0.15, 0.2) is 0 Å². The number of hydrogen-bond donors (Lipinski definition) is 1. The second kappa shape index (κ2) is 7.60. The van der Waals surface area contributed by atoms with E-state index in [9.17, 15) is 4.79 Å². The van der Waals surface area contributed by atoms with Crippen molar-refractivity contribution in [3.8, 4) is 0 Å². The first-order chi connectivity index (χ1) is 11.6. The third-order valence-corrected chi connectivity index (χ3v) is 4.33. The fraction of sp³-hybridized carbons (Fsp3) is 0.350. The van der Waals surface area contributed by atoms with Crippen molar-refractivity contribution in [3.63, 3.8) is 0 Å². The maximum absolute atomic E-state index is 12.6. The lowest BCUT2D eigenvalue weighted by atomic mass is 10.1. The minimum Gasteiger partial charge on any atom is -0.379 e. The Kier molecular flexibility index (Phi) is 5.28. The average Bonchev–Trinajstić information content (AvgIpc) is 2.58. The molecule has 0 radical (unpaired) electrons. The summed E-state index contributed by atoms with van der Waals surface area (Å²) in [7, 11) is 0. The van der Waals surface area contributed by atoms with Gasteiger partial charge >= 0.3 is 0 Å². The van der Waals surface area contributed by atoms with E-state index in [1.54, 1.807) is 0 Å². The molecule has 4 heteroatoms. The van der Waals surface area contributed by atoms with E-state index in [1.807, 2.05) is 44.2 Å². The van der Waals surface area contributed by atoms with E-state index >= 15 is 0 Å². The zero-order valence-corrected chi connectivity index (χ0v) is 14.3. The van der Waals surface area contributed by atoms with E-state index in [0.29, 0.717) is 5.56 Å². The predicted molar refractivity (Wildman–Crippen MR) is 96.4 cm³/mol. The second-order valence-electron chi connectivity index (χ2n) is 6.36. The summed E-state index contributed by atoms with van der Waals surface area (Å²) >= 11 is 0. The first-order valence-electron chi connectivity index (χ1n) is 8.39. The number of morpholine rings is 1. The van der Waals surface area contributed by atoms with Crippen molar-refractivity contribution in [3.05, 3.63) is 64.7 Å². The molecule has 1 N–H and O–H groups in total. The molecule has 0 aliphatic carbocycles. The summed E-state index contributed by atoms with van der Waals surface area (Å²) in [6.45, 7) is 8.37. The predicted octanol–water partition coefficient (Wildman–Crippen LogP) is 3.39. The summed E-state index contributed by atoms with van der Waals surface area (Å²) in [5.74, 6) is -0.0641. The summed E-state index contributed by atoms with van der Waals surface area (Å²) in [4.78, 5) is 14.9. The number of rotatable bonds is 4. The normalized spacial score (nSPS) is 15.2. The number of anilines is 1. The molecule has 0 unspecified atom stereocenters. The second-order valence-corrected chi connectivity index (χ2v) is 6.36. The van der Waals surface area contributed by atoms with Crippen LogP contribution >= 0.6 is 0 Å². The zero-order chi connectivity index (χ0) is 16.9. The van der Waals surface area contributed by atoms with E-state index in [1.165, 1.54) is 5.56 Å². The van der Waals surface area contributed by atoms with Crippen LogP contribution in [0.4, 0.5) is 5.69 Å². The number of carbonyl (C=O) groups is 1. The van der Waals surface area contributed by atoms with Crippen molar-refractivity contribution >= 4 is 11.6 Å². The molecule has 0 bridgehead atoms. The molecule has 1 amide bonds. The molecule has 4 nitrogen and oxygen atoms in total. The highest BCUT2D eigenvalue weighted by atomic mass is 16.5. The van der Waals surface area contributed by atoms with Gasteiger partial charge in [0.2, 0.25) is 0 Å². The molecule has 1 saturated heterocycles. The summed E-state index contributed by atoms with van der Waals surface area (Å²) < 4.78 is 5.38. The van der Waals surface area contributed by atoms with Crippen molar-refractivity contribution in [2.75, 3.05) is 31.6 Å². The minimum atomic E-state index is -0.0641. The van der Waals surface area contributed by atoms with Crippen LogP contribution in [-0.2, 0) is 11.3 Å². The molecule has 3 rings (SSSR count). The molecule has 126 valence electrons. The number of ether oxygens (including phenoxy) is 1. The summed E-state index contributed by atoms with van der Waals surface area (Å²) in [6, 6.07) is 13.9. The number of carbonyl (C=O) groups excluding carboxylic acids is 1. The molecule has 24 heavy (non-hydrogen) atoms. The number of benzene rings is 2. The molecular formula is C20H24N2O2. The number of nitrogens with zero attached hydrogens (tertiary/aromatic N) is 1. The van der Waals surface area contributed by atoms with Crippen molar-refractivity contribution in [1.29, 1.82) is 0 Å². The Balaban J connectivity index is 1.69. The van der Waals surface area contributed by atoms with Gasteiger partial charge in [0.05, 0.1) is 13.2 Å². The lowest BCUT2D eigenvalue weighted by Crippen LogP contribution is -2.35. The van der Waals surface area contributed by atoms with Crippen LogP contribution in [0.15, 0.2) is 42.5 Å². The van der Waals surface area contributed by atoms with Crippen molar-refractivity contribution < 1.29 is 9.53 Å². The van der Waals surface area contributed by atoms with Gasteiger partial charge in [0.1, 0.15) is 0 Å². The summed E-state index contributed by atoms with van der Waals surface area (Å²) in [5, 5.41) is 3.01. The third kappa shape index (κ3) is 4.22. The Morgan fingerprint density at radius 3 is 2.67 bits per heavy atom. The number of nitrogens with one attached hydrogen (secondary N) is 1. The van der Waals surface area contributed by atoms with Crippen LogP contribution in [0.3, 0.4) is 0 Å². The Bertz CT molecular complexity index is 721. The smallest absolute Gasteiger partial charge is 0.255 e. The van der Waals surface area contributed by atoms with Gasteiger partial charge in [0.25, 0.3) is 5.91 Å². The van der Waals surface area contributed by atoms with Gasteiger partial charge in [-0.05, 0) is 43.2 Å². The minimum absolute atomic E-state index is 0.0641. The number of aryl methyl sites for hydroxylation is 2. The van der Waals surface area contributed by atoms with Crippen molar-refractivity contribution in [2.24, 2.45) is 0 Å². The molecule has 1 aliphatic rings. The van der Waals surface area contributed by atoms with Crippen molar-refractivity contribution in [1.82, 2.24) is 4.90 Å². The molecule has 1 fully saturated rings. The molecule has 0 saturated carbocycles. The highest BCUT2D eigenvalue weighted by Crippen LogP contribution is 2.18. The van der Waals surface area contributed by atoms with E-state index in [4.69, 9.17) is 4.74 Å². The maximum Gasteiger partial charge on any atom is 0.255 e. The van der Waals surface area contributed by atoms with Gasteiger partial charge in [-0.15, -0.1) is 0 Å². The Morgan fingerprint density at radius 1 is 1.12 bits per heavy atom. The molecule has 2 aromatic carbocycles. The van der Waals surface area contributed by atoms with Gasteiger partial charge in [-0.2, -0.15) is 0 Å². The van der Waals surface area contributed by atoms with Crippen LogP contribution in [0, 0.1) is 13.8 Å². The van der Waals surface area contributed by atoms with Gasteiger partial charge in [0, 0.05) is 30.9 Å². The van der Waals surface area contributed by atoms with Gasteiger partial charge in [-0.3, -0.25) is 9.69 Å². The first-order valence-corrected chi connectivity index (χ1v) is 8.39. The van der Waals surface area contributed by atoms with Crippen LogP contribution < -0.4 is 5.32 Å².